The third kappa shape index (κ3) is 4.63. The highest BCUT2D eigenvalue weighted by Gasteiger charge is 2.27. The number of hydrogen-bond donors (Lipinski definition) is 0. The molecule has 8 nitrogen and oxygen atoms in total. The Labute approximate surface area is 248 Å². The maximum atomic E-state index is 13.8. The molecule has 1 atom stereocenters. The zero-order valence-electron chi connectivity index (χ0n) is 24.5. The Morgan fingerprint density at radius 1 is 0.929 bits per heavy atom. The van der Waals surface area contributed by atoms with Gasteiger partial charge in [0.2, 0.25) is 5.75 Å². The molecule has 1 unspecified atom stereocenters. The molecule has 5 aromatic rings. The number of fused-ring (bicyclic) bond motifs is 1. The first-order valence-corrected chi connectivity index (χ1v) is 14.8. The number of methoxy groups -OCH3 is 3. The lowest BCUT2D eigenvalue weighted by atomic mass is 9.87. The van der Waals surface area contributed by atoms with Gasteiger partial charge in [-0.2, -0.15) is 0 Å². The molecule has 0 aliphatic heterocycles. The summed E-state index contributed by atoms with van der Waals surface area (Å²) >= 11 is 1.53. The van der Waals surface area contributed by atoms with Gasteiger partial charge in [-0.1, -0.05) is 42.5 Å². The maximum Gasteiger partial charge on any atom is 0.297 e. The summed E-state index contributed by atoms with van der Waals surface area (Å²) in [6.07, 6.45) is 3.06. The highest BCUT2D eigenvalue weighted by Crippen LogP contribution is 2.43. The molecule has 42 heavy (non-hydrogen) atoms. The van der Waals surface area contributed by atoms with Crippen molar-refractivity contribution in [2.24, 2.45) is 12.0 Å². The van der Waals surface area contributed by atoms with Gasteiger partial charge in [0.15, 0.2) is 22.0 Å². The third-order valence-electron chi connectivity index (χ3n) is 8.08. The van der Waals surface area contributed by atoms with E-state index in [0.717, 1.165) is 46.7 Å². The van der Waals surface area contributed by atoms with Gasteiger partial charge in [0.05, 0.1) is 44.4 Å². The maximum absolute atomic E-state index is 13.8. The van der Waals surface area contributed by atoms with Crippen molar-refractivity contribution in [1.29, 1.82) is 0 Å². The number of hydrogen-bond acceptors (Lipinski definition) is 6. The van der Waals surface area contributed by atoms with Gasteiger partial charge in [0, 0.05) is 18.0 Å². The highest BCUT2D eigenvalue weighted by molar-refractivity contribution is 7.07. The SMILES string of the molecule is COc1cc(-c2csc(=Nc3c(C)n(C)n(-c4ccccc4)c3=O)n2C2CCCc3ccccc32)cc(OC)c1OC. The predicted molar refractivity (Wildman–Crippen MR) is 166 cm³/mol. The average molecular weight is 583 g/mol. The fourth-order valence-corrected chi connectivity index (χ4v) is 6.87. The molecule has 0 amide bonds. The number of ether oxygens (including phenoxy) is 3. The fraction of sp³-hybridized carbons (Fsp3) is 0.273. The van der Waals surface area contributed by atoms with Crippen molar-refractivity contribution in [3.8, 4) is 34.2 Å². The second-order valence-electron chi connectivity index (χ2n) is 10.3. The fourth-order valence-electron chi connectivity index (χ4n) is 5.92. The van der Waals surface area contributed by atoms with Crippen LogP contribution < -0.4 is 24.6 Å². The Bertz CT molecular complexity index is 1860. The topological polar surface area (TPSA) is 71.9 Å². The van der Waals surface area contributed by atoms with E-state index in [1.165, 1.54) is 22.5 Å². The first-order chi connectivity index (χ1) is 20.5. The van der Waals surface area contributed by atoms with Crippen LogP contribution in [0, 0.1) is 6.92 Å². The van der Waals surface area contributed by atoms with Gasteiger partial charge in [-0.25, -0.2) is 9.67 Å². The second-order valence-corrected chi connectivity index (χ2v) is 11.2. The normalized spacial score (nSPS) is 15.0. The van der Waals surface area contributed by atoms with E-state index < -0.39 is 0 Å². The van der Waals surface area contributed by atoms with Crippen LogP contribution in [-0.2, 0) is 13.5 Å². The molecule has 1 aliphatic rings. The summed E-state index contributed by atoms with van der Waals surface area (Å²) in [6, 6.07) is 22.3. The van der Waals surface area contributed by atoms with E-state index in [0.29, 0.717) is 22.9 Å². The molecule has 0 saturated heterocycles. The molecule has 0 saturated carbocycles. The molecule has 6 rings (SSSR count). The van der Waals surface area contributed by atoms with Gasteiger partial charge < -0.3 is 18.8 Å². The monoisotopic (exact) mass is 582 g/mol. The molecule has 0 fully saturated rings. The van der Waals surface area contributed by atoms with Gasteiger partial charge in [-0.05, 0) is 61.6 Å². The second kappa shape index (κ2) is 11.4. The van der Waals surface area contributed by atoms with E-state index in [4.69, 9.17) is 19.2 Å². The molecular weight excluding hydrogens is 548 g/mol. The van der Waals surface area contributed by atoms with Gasteiger partial charge >= 0.3 is 0 Å². The van der Waals surface area contributed by atoms with E-state index in [-0.39, 0.29) is 11.6 Å². The standard InChI is InChI=1S/C33H34N4O4S/c1-21-30(32(38)37(35(21)2)24-14-7-6-8-15-24)34-33-36(26-17-11-13-22-12-9-10-16-25(22)26)27(20-42-33)23-18-28(39-3)31(41-5)29(19-23)40-4/h6-10,12,14-16,18-20,26H,11,13,17H2,1-5H3. The Balaban J connectivity index is 1.62. The minimum Gasteiger partial charge on any atom is -0.493 e. The van der Waals surface area contributed by atoms with E-state index in [2.05, 4.69) is 34.2 Å². The Kier molecular flexibility index (Phi) is 7.51. The van der Waals surface area contributed by atoms with E-state index in [1.807, 2.05) is 61.1 Å². The lowest BCUT2D eigenvalue weighted by Gasteiger charge is -2.28. The summed E-state index contributed by atoms with van der Waals surface area (Å²) in [5.41, 5.74) is 6.38. The van der Waals surface area contributed by atoms with E-state index in [1.54, 1.807) is 26.0 Å². The quantitative estimate of drug-likeness (QED) is 0.229. The largest absolute Gasteiger partial charge is 0.493 e. The van der Waals surface area contributed by atoms with Crippen molar-refractivity contribution < 1.29 is 14.2 Å². The number of benzene rings is 3. The zero-order valence-corrected chi connectivity index (χ0v) is 25.3. The van der Waals surface area contributed by atoms with Crippen molar-refractivity contribution in [1.82, 2.24) is 13.9 Å². The molecule has 3 aromatic carbocycles. The smallest absolute Gasteiger partial charge is 0.297 e. The lowest BCUT2D eigenvalue weighted by molar-refractivity contribution is 0.324. The van der Waals surface area contributed by atoms with Gasteiger partial charge in [-0.15, -0.1) is 11.3 Å². The molecule has 9 heteroatoms. The minimum absolute atomic E-state index is 0.0504. The average Bonchev–Trinajstić information content (AvgIpc) is 3.54. The molecule has 0 radical (unpaired) electrons. The summed E-state index contributed by atoms with van der Waals surface area (Å²) in [4.78, 5) is 19.7. The molecule has 0 spiro atoms. The molecule has 216 valence electrons. The van der Waals surface area contributed by atoms with Crippen LogP contribution in [0.25, 0.3) is 16.9 Å². The Morgan fingerprint density at radius 2 is 1.62 bits per heavy atom. The van der Waals surface area contributed by atoms with Crippen LogP contribution in [0.5, 0.6) is 17.2 Å². The van der Waals surface area contributed by atoms with Crippen LogP contribution >= 0.6 is 11.3 Å². The lowest BCUT2D eigenvalue weighted by Crippen LogP contribution is -2.26. The number of thiazole rings is 1. The van der Waals surface area contributed by atoms with Crippen LogP contribution in [0.1, 0.15) is 35.7 Å². The third-order valence-corrected chi connectivity index (χ3v) is 8.92. The molecule has 2 heterocycles. The summed E-state index contributed by atoms with van der Waals surface area (Å²) < 4.78 is 22.8. The number of aromatic nitrogens is 3. The van der Waals surface area contributed by atoms with Crippen LogP contribution in [0.3, 0.4) is 0 Å². The summed E-state index contributed by atoms with van der Waals surface area (Å²) in [7, 11) is 6.74. The van der Waals surface area contributed by atoms with Crippen molar-refractivity contribution >= 4 is 17.0 Å². The zero-order chi connectivity index (χ0) is 29.4. The molecular formula is C33H34N4O4S. The molecule has 0 N–H and O–H groups in total. The van der Waals surface area contributed by atoms with Gasteiger partial charge in [0.1, 0.15) is 0 Å². The Hall–Kier alpha value is -4.50. The summed E-state index contributed by atoms with van der Waals surface area (Å²) in [5.74, 6) is 1.70. The number of nitrogens with zero attached hydrogens (tertiary/aromatic N) is 4. The van der Waals surface area contributed by atoms with Crippen LogP contribution in [0.4, 0.5) is 5.69 Å². The van der Waals surface area contributed by atoms with E-state index in [9.17, 15) is 4.79 Å². The summed E-state index contributed by atoms with van der Waals surface area (Å²) in [6.45, 7) is 1.94. The van der Waals surface area contributed by atoms with Crippen molar-refractivity contribution in [2.45, 2.75) is 32.2 Å². The van der Waals surface area contributed by atoms with E-state index >= 15 is 0 Å². The Morgan fingerprint density at radius 3 is 2.31 bits per heavy atom. The highest BCUT2D eigenvalue weighted by atomic mass is 32.1. The number of rotatable bonds is 7. The molecule has 1 aliphatic carbocycles. The summed E-state index contributed by atoms with van der Waals surface area (Å²) in [5, 5.41) is 2.10. The molecule has 2 aromatic heterocycles. The number of para-hydroxylation sites is 1. The predicted octanol–water partition coefficient (Wildman–Crippen LogP) is 6.20. The van der Waals surface area contributed by atoms with Crippen LogP contribution in [0.2, 0.25) is 0 Å². The first-order valence-electron chi connectivity index (χ1n) is 13.9. The number of aryl methyl sites for hydroxylation is 1. The minimum atomic E-state index is -0.153. The van der Waals surface area contributed by atoms with Crippen LogP contribution in [0.15, 0.2) is 81.9 Å². The molecule has 0 bridgehead atoms. The van der Waals surface area contributed by atoms with Gasteiger partial charge in [0.25, 0.3) is 5.56 Å². The van der Waals surface area contributed by atoms with Crippen molar-refractivity contribution in [3.05, 3.63) is 104 Å². The van der Waals surface area contributed by atoms with Crippen molar-refractivity contribution in [3.63, 3.8) is 0 Å². The van der Waals surface area contributed by atoms with Crippen molar-refractivity contribution in [2.75, 3.05) is 21.3 Å². The first kappa shape index (κ1) is 27.7. The van der Waals surface area contributed by atoms with Gasteiger partial charge in [-0.3, -0.25) is 9.48 Å². The van der Waals surface area contributed by atoms with Crippen LogP contribution in [-0.4, -0.2) is 35.3 Å².